The van der Waals surface area contributed by atoms with Crippen LogP contribution in [0.4, 0.5) is 11.4 Å². The number of hydrogen-bond donors (Lipinski definition) is 4. The lowest BCUT2D eigenvalue weighted by Gasteiger charge is -2.12. The van der Waals surface area contributed by atoms with Gasteiger partial charge in [0.25, 0.3) is 9.70 Å². The highest BCUT2D eigenvalue weighted by Crippen LogP contribution is 2.30. The van der Waals surface area contributed by atoms with Gasteiger partial charge in [0.2, 0.25) is 0 Å². The Hall–Kier alpha value is -2.48. The molecule has 1 amide bonds. The van der Waals surface area contributed by atoms with E-state index in [-0.39, 0.29) is 0 Å². The predicted molar refractivity (Wildman–Crippen MR) is 115 cm³/mol. The summed E-state index contributed by atoms with van der Waals surface area (Å²) in [6, 6.07) is 7.46. The fourth-order valence-electron chi connectivity index (χ4n) is 2.67. The van der Waals surface area contributed by atoms with Crippen LogP contribution < -0.4 is 11.1 Å². The quantitative estimate of drug-likeness (QED) is 0.256. The molecule has 28 heavy (non-hydrogen) atoms. The van der Waals surface area contributed by atoms with Crippen molar-refractivity contribution in [3.63, 3.8) is 0 Å². The number of rotatable bonds is 1. The molecule has 0 fully saturated rings. The average molecular weight is 440 g/mol. The molecule has 5 N–H and O–H groups in total. The Morgan fingerprint density at radius 1 is 0.964 bits per heavy atom. The zero-order valence-electron chi connectivity index (χ0n) is 15.0. The normalized spacial score (nSPS) is 11.3. The molecular weight excluding hydrogens is 423 g/mol. The Balaban J connectivity index is 0.000000176. The fraction of sp³-hybridized carbons (Fsp3) is 0.167. The largest absolute Gasteiger partial charge is 0.398 e. The number of carbonyl (C=O) groups excluding carboxylic acids is 1. The van der Waals surface area contributed by atoms with Crippen LogP contribution in [0.1, 0.15) is 11.1 Å². The van der Waals surface area contributed by atoms with E-state index in [1.165, 1.54) is 5.56 Å². The number of aromatic nitrogens is 4. The summed E-state index contributed by atoms with van der Waals surface area (Å²) in [5.74, 6) is -0.700. The number of amides is 1. The van der Waals surface area contributed by atoms with Crippen molar-refractivity contribution in [1.82, 2.24) is 20.4 Å². The third-order valence-corrected chi connectivity index (χ3v) is 4.70. The molecule has 0 spiro atoms. The Bertz CT molecular complexity index is 1110. The molecule has 2 aromatic carbocycles. The molecule has 0 atom stereocenters. The third-order valence-electron chi connectivity index (χ3n) is 4.19. The topological polar surface area (TPSA) is 112 Å². The highest BCUT2D eigenvalue weighted by atomic mass is 35.6. The van der Waals surface area contributed by atoms with Crippen LogP contribution in [0.5, 0.6) is 0 Å². The van der Waals surface area contributed by atoms with Crippen LogP contribution in [0.15, 0.2) is 36.7 Å². The van der Waals surface area contributed by atoms with Crippen molar-refractivity contribution in [3.05, 3.63) is 47.8 Å². The SMILES string of the molecule is Cc1ccc(N)c2cn[nH]c12.Cc1ccc(NC(=O)C(Cl)(Cl)Cl)c2cn[nH]c12. The summed E-state index contributed by atoms with van der Waals surface area (Å²) >= 11 is 16.5. The van der Waals surface area contributed by atoms with Crippen LogP contribution in [0.3, 0.4) is 0 Å². The monoisotopic (exact) mass is 438 g/mol. The number of anilines is 2. The number of nitrogens with one attached hydrogen (secondary N) is 3. The Kier molecular flexibility index (Phi) is 5.69. The molecule has 0 bridgehead atoms. The van der Waals surface area contributed by atoms with Gasteiger partial charge in [-0.05, 0) is 37.1 Å². The maximum Gasteiger partial charge on any atom is 0.276 e. The second-order valence-corrected chi connectivity index (χ2v) is 8.45. The predicted octanol–water partition coefficient (Wildman–Crippen LogP) is 4.63. The van der Waals surface area contributed by atoms with E-state index in [0.717, 1.165) is 33.1 Å². The maximum atomic E-state index is 11.5. The van der Waals surface area contributed by atoms with Crippen molar-refractivity contribution in [2.45, 2.75) is 17.6 Å². The molecule has 0 aliphatic heterocycles. The van der Waals surface area contributed by atoms with Gasteiger partial charge >= 0.3 is 0 Å². The molecule has 4 aromatic rings. The number of H-pyrrole nitrogens is 2. The van der Waals surface area contributed by atoms with Crippen molar-refractivity contribution < 1.29 is 4.79 Å². The van der Waals surface area contributed by atoms with Gasteiger partial charge in [-0.25, -0.2) is 0 Å². The van der Waals surface area contributed by atoms with Gasteiger partial charge in [-0.15, -0.1) is 0 Å². The second kappa shape index (κ2) is 7.87. The van der Waals surface area contributed by atoms with Crippen LogP contribution in [0.25, 0.3) is 21.8 Å². The van der Waals surface area contributed by atoms with E-state index in [1.54, 1.807) is 18.5 Å². The molecule has 7 nitrogen and oxygen atoms in total. The van der Waals surface area contributed by atoms with Gasteiger partial charge in [0.05, 0.1) is 29.1 Å². The minimum atomic E-state index is -1.99. The van der Waals surface area contributed by atoms with E-state index in [2.05, 4.69) is 25.7 Å². The van der Waals surface area contributed by atoms with Gasteiger partial charge in [-0.1, -0.05) is 46.9 Å². The number of fused-ring (bicyclic) bond motifs is 2. The van der Waals surface area contributed by atoms with Gasteiger partial charge in [-0.3, -0.25) is 15.0 Å². The van der Waals surface area contributed by atoms with Crippen molar-refractivity contribution in [3.8, 4) is 0 Å². The molecule has 0 saturated heterocycles. The molecule has 146 valence electrons. The molecule has 0 unspecified atom stereocenters. The van der Waals surface area contributed by atoms with Gasteiger partial charge in [-0.2, -0.15) is 10.2 Å². The molecule has 0 saturated carbocycles. The van der Waals surface area contributed by atoms with Crippen molar-refractivity contribution in [1.29, 1.82) is 0 Å². The molecule has 4 rings (SSSR count). The first kappa shape index (κ1) is 20.3. The average Bonchev–Trinajstić information content (AvgIpc) is 3.30. The minimum absolute atomic E-state index is 0.552. The first-order valence-corrected chi connectivity index (χ1v) is 9.31. The molecule has 0 aliphatic carbocycles. The molecule has 0 radical (unpaired) electrons. The van der Waals surface area contributed by atoms with Crippen LogP contribution >= 0.6 is 34.8 Å². The summed E-state index contributed by atoms with van der Waals surface area (Å²) in [6.45, 7) is 3.96. The number of hydrogen-bond acceptors (Lipinski definition) is 4. The van der Waals surface area contributed by atoms with Gasteiger partial charge in [0.15, 0.2) is 0 Å². The Morgan fingerprint density at radius 2 is 1.50 bits per heavy atom. The summed E-state index contributed by atoms with van der Waals surface area (Å²) < 4.78 is -1.99. The molecule has 2 heterocycles. The molecule has 2 aromatic heterocycles. The lowest BCUT2D eigenvalue weighted by molar-refractivity contribution is -0.115. The lowest BCUT2D eigenvalue weighted by Crippen LogP contribution is -2.26. The molecule has 0 aliphatic rings. The van der Waals surface area contributed by atoms with E-state index in [0.29, 0.717) is 5.69 Å². The smallest absolute Gasteiger partial charge is 0.276 e. The van der Waals surface area contributed by atoms with Crippen LogP contribution in [-0.4, -0.2) is 30.1 Å². The first-order chi connectivity index (χ1) is 13.2. The third kappa shape index (κ3) is 4.16. The maximum absolute atomic E-state index is 11.5. The number of alkyl halides is 3. The summed E-state index contributed by atoms with van der Waals surface area (Å²) in [6.07, 6.45) is 3.36. The van der Waals surface area contributed by atoms with Crippen LogP contribution in [-0.2, 0) is 4.79 Å². The number of aryl methyl sites for hydroxylation is 2. The first-order valence-electron chi connectivity index (χ1n) is 8.17. The van der Waals surface area contributed by atoms with E-state index < -0.39 is 9.70 Å². The summed E-state index contributed by atoms with van der Waals surface area (Å²) in [5, 5.41) is 17.9. The summed E-state index contributed by atoms with van der Waals surface area (Å²) in [4.78, 5) is 11.5. The van der Waals surface area contributed by atoms with Gasteiger partial charge < -0.3 is 11.1 Å². The number of nitrogen functional groups attached to an aromatic ring is 1. The number of nitrogens with two attached hydrogens (primary N) is 1. The van der Waals surface area contributed by atoms with Gasteiger partial charge in [0.1, 0.15) is 0 Å². The van der Waals surface area contributed by atoms with Crippen molar-refractivity contribution in [2.75, 3.05) is 11.1 Å². The number of halogens is 3. The highest BCUT2D eigenvalue weighted by molar-refractivity contribution is 6.76. The lowest BCUT2D eigenvalue weighted by atomic mass is 10.1. The van der Waals surface area contributed by atoms with Crippen LogP contribution in [0, 0.1) is 13.8 Å². The standard InChI is InChI=1S/C10H8Cl3N3O.C8H9N3/c1-5-2-3-7(6-4-14-16-8(5)6)15-9(17)10(11,12)13;1-5-2-3-7(9)6-4-10-11-8(5)6/h2-4H,1H3,(H,14,16)(H,15,17);2-4H,9H2,1H3,(H,10,11). The zero-order valence-corrected chi connectivity index (χ0v) is 17.2. The Labute approximate surface area is 175 Å². The molecule has 10 heteroatoms. The molecular formula is C18H17Cl3N6O. The number of nitrogens with zero attached hydrogens (tertiary/aromatic N) is 2. The zero-order chi connectivity index (χ0) is 20.5. The van der Waals surface area contributed by atoms with Crippen molar-refractivity contribution in [2.24, 2.45) is 0 Å². The second-order valence-electron chi connectivity index (χ2n) is 6.17. The minimum Gasteiger partial charge on any atom is -0.398 e. The van der Waals surface area contributed by atoms with E-state index in [1.807, 2.05) is 32.0 Å². The highest BCUT2D eigenvalue weighted by Gasteiger charge is 2.31. The van der Waals surface area contributed by atoms with E-state index >= 15 is 0 Å². The van der Waals surface area contributed by atoms with E-state index in [4.69, 9.17) is 40.5 Å². The fourth-order valence-corrected chi connectivity index (χ4v) is 2.81. The van der Waals surface area contributed by atoms with E-state index in [9.17, 15) is 4.79 Å². The summed E-state index contributed by atoms with van der Waals surface area (Å²) in [5.41, 5.74) is 11.1. The number of benzene rings is 2. The number of aromatic amines is 2. The van der Waals surface area contributed by atoms with Gasteiger partial charge in [0, 0.05) is 16.5 Å². The number of carbonyl (C=O) groups is 1. The summed E-state index contributed by atoms with van der Waals surface area (Å²) in [7, 11) is 0. The van der Waals surface area contributed by atoms with Crippen molar-refractivity contribution >= 4 is 73.9 Å². The van der Waals surface area contributed by atoms with Crippen LogP contribution in [0.2, 0.25) is 0 Å². The Morgan fingerprint density at radius 3 is 2.07 bits per heavy atom.